The van der Waals surface area contributed by atoms with Crippen LogP contribution in [0.2, 0.25) is 0 Å². The number of carbonyl (C=O) groups is 2. The first-order valence-corrected chi connectivity index (χ1v) is 8.20. The number of rotatable bonds is 3. The van der Waals surface area contributed by atoms with Gasteiger partial charge in [0.2, 0.25) is 5.91 Å². The molecule has 1 aromatic carbocycles. The van der Waals surface area contributed by atoms with Crippen LogP contribution in [0, 0.1) is 13.8 Å². The van der Waals surface area contributed by atoms with Gasteiger partial charge in [0.1, 0.15) is 18.4 Å². The Morgan fingerprint density at radius 3 is 2.54 bits per heavy atom. The lowest BCUT2D eigenvalue weighted by atomic mass is 10.0. The fourth-order valence-electron chi connectivity index (χ4n) is 2.59. The third-order valence-corrected chi connectivity index (χ3v) is 4.02. The molecule has 24 heavy (non-hydrogen) atoms. The Bertz CT molecular complexity index is 650. The molecule has 0 radical (unpaired) electrons. The molecule has 0 unspecified atom stereocenters. The van der Waals surface area contributed by atoms with Crippen LogP contribution in [0.4, 0.5) is 4.79 Å². The monoisotopic (exact) mass is 333 g/mol. The SMILES string of the molecule is Cc1ccc2c(c1C)OC[C@@H]2NC(=O)N[C@H](C)C(=O)NC(C)(C)C. The smallest absolute Gasteiger partial charge is 0.316 e. The van der Waals surface area contributed by atoms with Crippen molar-refractivity contribution in [3.63, 3.8) is 0 Å². The Kier molecular flexibility index (Phi) is 5.06. The van der Waals surface area contributed by atoms with Gasteiger partial charge in [-0.1, -0.05) is 12.1 Å². The van der Waals surface area contributed by atoms with Gasteiger partial charge in [-0.15, -0.1) is 0 Å². The minimum Gasteiger partial charge on any atom is -0.490 e. The molecule has 0 aromatic heterocycles. The summed E-state index contributed by atoms with van der Waals surface area (Å²) in [6.45, 7) is 11.8. The molecule has 6 nitrogen and oxygen atoms in total. The van der Waals surface area contributed by atoms with E-state index in [4.69, 9.17) is 4.74 Å². The quantitative estimate of drug-likeness (QED) is 0.794. The highest BCUT2D eigenvalue weighted by Gasteiger charge is 2.28. The summed E-state index contributed by atoms with van der Waals surface area (Å²) in [6, 6.07) is 2.79. The van der Waals surface area contributed by atoms with Crippen molar-refractivity contribution in [1.82, 2.24) is 16.0 Å². The number of aryl methyl sites for hydroxylation is 1. The second-order valence-electron chi connectivity index (χ2n) is 7.37. The van der Waals surface area contributed by atoms with Crippen LogP contribution in [-0.2, 0) is 4.79 Å². The molecule has 1 heterocycles. The van der Waals surface area contributed by atoms with Crippen LogP contribution in [0.1, 0.15) is 50.4 Å². The predicted molar refractivity (Wildman–Crippen MR) is 93.2 cm³/mol. The number of carbonyl (C=O) groups excluding carboxylic acids is 2. The summed E-state index contributed by atoms with van der Waals surface area (Å²) in [5.74, 6) is 0.631. The number of hydrogen-bond donors (Lipinski definition) is 3. The Balaban J connectivity index is 1.95. The van der Waals surface area contributed by atoms with Crippen LogP contribution < -0.4 is 20.7 Å². The maximum atomic E-state index is 12.2. The lowest BCUT2D eigenvalue weighted by molar-refractivity contribution is -0.123. The van der Waals surface area contributed by atoms with Gasteiger partial charge in [-0.3, -0.25) is 4.79 Å². The van der Waals surface area contributed by atoms with Crippen molar-refractivity contribution in [2.24, 2.45) is 0 Å². The normalized spacial score (nSPS) is 17.5. The van der Waals surface area contributed by atoms with Crippen molar-refractivity contribution in [1.29, 1.82) is 0 Å². The fraction of sp³-hybridized carbons (Fsp3) is 0.556. The van der Waals surface area contributed by atoms with Gasteiger partial charge in [0.25, 0.3) is 0 Å². The number of amides is 3. The molecule has 0 saturated heterocycles. The van der Waals surface area contributed by atoms with E-state index in [0.29, 0.717) is 6.61 Å². The van der Waals surface area contributed by atoms with Crippen molar-refractivity contribution in [2.45, 2.75) is 59.2 Å². The van der Waals surface area contributed by atoms with E-state index in [1.165, 1.54) is 0 Å². The van der Waals surface area contributed by atoms with Gasteiger partial charge in [0, 0.05) is 11.1 Å². The maximum Gasteiger partial charge on any atom is 0.316 e. The zero-order valence-electron chi connectivity index (χ0n) is 15.2. The molecule has 0 aliphatic carbocycles. The van der Waals surface area contributed by atoms with Crippen LogP contribution >= 0.6 is 0 Å². The summed E-state index contributed by atoms with van der Waals surface area (Å²) in [5, 5.41) is 8.38. The minimum atomic E-state index is -0.620. The average Bonchev–Trinajstić information content (AvgIpc) is 2.84. The molecule has 0 spiro atoms. The van der Waals surface area contributed by atoms with Crippen molar-refractivity contribution < 1.29 is 14.3 Å². The highest BCUT2D eigenvalue weighted by atomic mass is 16.5. The molecule has 1 aliphatic rings. The van der Waals surface area contributed by atoms with Crippen LogP contribution in [0.25, 0.3) is 0 Å². The number of hydrogen-bond acceptors (Lipinski definition) is 3. The van der Waals surface area contributed by atoms with E-state index in [2.05, 4.69) is 16.0 Å². The Labute approximate surface area is 143 Å². The van der Waals surface area contributed by atoms with Crippen molar-refractivity contribution in [3.05, 3.63) is 28.8 Å². The molecule has 3 amide bonds. The van der Waals surface area contributed by atoms with Gasteiger partial charge in [0.05, 0.1) is 6.04 Å². The first kappa shape index (κ1) is 18.1. The minimum absolute atomic E-state index is 0.211. The van der Waals surface area contributed by atoms with E-state index in [-0.39, 0.29) is 23.5 Å². The van der Waals surface area contributed by atoms with Gasteiger partial charge < -0.3 is 20.7 Å². The molecular weight excluding hydrogens is 306 g/mol. The lowest BCUT2D eigenvalue weighted by Crippen LogP contribution is -2.53. The van der Waals surface area contributed by atoms with Crippen LogP contribution in [-0.4, -0.2) is 30.1 Å². The van der Waals surface area contributed by atoms with Gasteiger partial charge in [0.15, 0.2) is 0 Å². The molecule has 3 N–H and O–H groups in total. The summed E-state index contributed by atoms with van der Waals surface area (Å²) < 4.78 is 5.72. The molecular formula is C18H27N3O3. The van der Waals surface area contributed by atoms with E-state index in [1.54, 1.807) is 6.92 Å². The lowest BCUT2D eigenvalue weighted by Gasteiger charge is -2.24. The van der Waals surface area contributed by atoms with Crippen LogP contribution in [0.5, 0.6) is 5.75 Å². The summed E-state index contributed by atoms with van der Waals surface area (Å²) in [7, 11) is 0. The van der Waals surface area contributed by atoms with E-state index < -0.39 is 6.04 Å². The second kappa shape index (κ2) is 6.71. The first-order chi connectivity index (χ1) is 11.1. The molecule has 0 bridgehead atoms. The maximum absolute atomic E-state index is 12.2. The number of nitrogens with one attached hydrogen (secondary N) is 3. The van der Waals surface area contributed by atoms with Crippen molar-refractivity contribution >= 4 is 11.9 Å². The molecule has 6 heteroatoms. The zero-order chi connectivity index (χ0) is 18.1. The van der Waals surface area contributed by atoms with Gasteiger partial charge >= 0.3 is 6.03 Å². The standard InChI is InChI=1S/C18H27N3O3/c1-10-7-8-13-14(9-24-15(13)11(10)2)20-17(23)19-12(3)16(22)21-18(4,5)6/h7-8,12,14H,9H2,1-6H3,(H,21,22)(H2,19,20,23)/t12-,14+/m1/s1. The van der Waals surface area contributed by atoms with Crippen LogP contribution in [0.15, 0.2) is 12.1 Å². The Morgan fingerprint density at radius 2 is 1.92 bits per heavy atom. The zero-order valence-corrected chi connectivity index (χ0v) is 15.2. The van der Waals surface area contributed by atoms with Gasteiger partial charge in [-0.25, -0.2) is 4.79 Å². The Morgan fingerprint density at radius 1 is 1.25 bits per heavy atom. The van der Waals surface area contributed by atoms with E-state index in [1.807, 2.05) is 46.8 Å². The summed E-state index contributed by atoms with van der Waals surface area (Å²) >= 11 is 0. The van der Waals surface area contributed by atoms with Gasteiger partial charge in [-0.2, -0.15) is 0 Å². The summed E-state index contributed by atoms with van der Waals surface area (Å²) in [5.41, 5.74) is 2.89. The van der Waals surface area contributed by atoms with Crippen molar-refractivity contribution in [2.75, 3.05) is 6.61 Å². The van der Waals surface area contributed by atoms with E-state index >= 15 is 0 Å². The van der Waals surface area contributed by atoms with E-state index in [9.17, 15) is 9.59 Å². The highest BCUT2D eigenvalue weighted by molar-refractivity contribution is 5.87. The third kappa shape index (κ3) is 4.19. The van der Waals surface area contributed by atoms with Crippen LogP contribution in [0.3, 0.4) is 0 Å². The van der Waals surface area contributed by atoms with Gasteiger partial charge in [-0.05, 0) is 52.7 Å². The number of urea groups is 1. The van der Waals surface area contributed by atoms with Crippen molar-refractivity contribution in [3.8, 4) is 5.75 Å². The number of ether oxygens (including phenoxy) is 1. The molecule has 0 saturated carbocycles. The first-order valence-electron chi connectivity index (χ1n) is 8.20. The molecule has 132 valence electrons. The largest absolute Gasteiger partial charge is 0.490 e. The average molecular weight is 333 g/mol. The van der Waals surface area contributed by atoms with E-state index in [0.717, 1.165) is 22.4 Å². The molecule has 1 aliphatic heterocycles. The highest BCUT2D eigenvalue weighted by Crippen LogP contribution is 2.36. The number of benzene rings is 1. The molecule has 1 aromatic rings. The summed E-state index contributed by atoms with van der Waals surface area (Å²) in [4.78, 5) is 24.2. The fourth-order valence-corrected chi connectivity index (χ4v) is 2.59. The topological polar surface area (TPSA) is 79.5 Å². The molecule has 2 atom stereocenters. The molecule has 2 rings (SSSR count). The second-order valence-corrected chi connectivity index (χ2v) is 7.37. The predicted octanol–water partition coefficient (Wildman–Crippen LogP) is 2.34. The molecule has 0 fully saturated rings. The third-order valence-electron chi connectivity index (χ3n) is 4.02. The Hall–Kier alpha value is -2.24. The summed E-state index contributed by atoms with van der Waals surface area (Å²) in [6.07, 6.45) is 0. The number of fused-ring (bicyclic) bond motifs is 1.